The van der Waals surface area contributed by atoms with Crippen molar-refractivity contribution in [2.45, 2.75) is 49.7 Å². The van der Waals surface area contributed by atoms with Crippen molar-refractivity contribution in [1.29, 1.82) is 0 Å². The Hall–Kier alpha value is -1.97. The van der Waals surface area contributed by atoms with Crippen LogP contribution in [0.4, 0.5) is 0 Å². The average Bonchev–Trinajstić information content (AvgIpc) is 2.71. The monoisotopic (exact) mass is 434 g/mol. The number of hydrogen-bond acceptors (Lipinski definition) is 6. The Morgan fingerprint density at radius 3 is 2.31 bits per heavy atom. The predicted molar refractivity (Wildman–Crippen MR) is 113 cm³/mol. The lowest BCUT2D eigenvalue weighted by Gasteiger charge is -2.25. The molecule has 0 unspecified atom stereocenters. The third-order valence-electron chi connectivity index (χ3n) is 4.66. The molecule has 1 aliphatic rings. The van der Waals surface area contributed by atoms with Crippen LogP contribution in [0.15, 0.2) is 40.4 Å². The summed E-state index contributed by atoms with van der Waals surface area (Å²) in [5.74, 6) is 0.104. The second-order valence-corrected chi connectivity index (χ2v) is 9.99. The molecule has 1 amide bonds. The Labute approximate surface area is 176 Å². The first-order chi connectivity index (χ1) is 13.8. The second kappa shape index (κ2) is 9.69. The van der Waals surface area contributed by atoms with E-state index in [1.807, 2.05) is 19.9 Å². The zero-order valence-electron chi connectivity index (χ0n) is 16.7. The van der Waals surface area contributed by atoms with Crippen LogP contribution in [-0.2, 0) is 21.4 Å². The number of thioether (sulfide) groups is 1. The zero-order valence-corrected chi connectivity index (χ0v) is 18.4. The maximum atomic E-state index is 12.7. The van der Waals surface area contributed by atoms with Gasteiger partial charge in [0.25, 0.3) is 0 Å². The molecule has 0 aliphatic carbocycles. The molecule has 0 atom stereocenters. The zero-order chi connectivity index (χ0) is 20.9. The molecular formula is C20H26N4O3S2. The minimum atomic E-state index is -3.43. The van der Waals surface area contributed by atoms with Crippen molar-refractivity contribution in [3.8, 4) is 0 Å². The van der Waals surface area contributed by atoms with E-state index in [0.29, 0.717) is 29.7 Å². The van der Waals surface area contributed by atoms with Gasteiger partial charge in [-0.2, -0.15) is 4.31 Å². The second-order valence-electron chi connectivity index (χ2n) is 7.11. The Morgan fingerprint density at radius 1 is 1.07 bits per heavy atom. The minimum absolute atomic E-state index is 0.122. The Bertz CT molecular complexity index is 936. The summed E-state index contributed by atoms with van der Waals surface area (Å²) >= 11 is 1.29. The van der Waals surface area contributed by atoms with E-state index in [-0.39, 0.29) is 11.7 Å². The number of rotatable bonds is 7. The number of hydrogen-bond donors (Lipinski definition) is 1. The predicted octanol–water partition coefficient (Wildman–Crippen LogP) is 2.68. The lowest BCUT2D eigenvalue weighted by atomic mass is 10.2. The number of nitrogens with one attached hydrogen (secondary N) is 1. The Kier molecular flexibility index (Phi) is 7.26. The van der Waals surface area contributed by atoms with Gasteiger partial charge in [-0.25, -0.2) is 18.4 Å². The van der Waals surface area contributed by atoms with Gasteiger partial charge in [-0.05, 0) is 50.5 Å². The van der Waals surface area contributed by atoms with E-state index < -0.39 is 10.0 Å². The molecule has 0 saturated carbocycles. The number of piperidine rings is 1. The van der Waals surface area contributed by atoms with Crippen molar-refractivity contribution >= 4 is 27.7 Å². The van der Waals surface area contributed by atoms with Crippen LogP contribution < -0.4 is 5.32 Å². The molecule has 1 aliphatic heterocycles. The number of aromatic nitrogens is 2. The molecule has 9 heteroatoms. The number of carbonyl (C=O) groups is 1. The Balaban J connectivity index is 1.51. The highest BCUT2D eigenvalue weighted by atomic mass is 32.2. The fourth-order valence-corrected chi connectivity index (χ4v) is 5.47. The van der Waals surface area contributed by atoms with Crippen molar-refractivity contribution < 1.29 is 13.2 Å². The molecule has 1 fully saturated rings. The largest absolute Gasteiger partial charge is 0.351 e. The molecule has 3 rings (SSSR count). The topological polar surface area (TPSA) is 92.3 Å². The smallest absolute Gasteiger partial charge is 0.243 e. The van der Waals surface area contributed by atoms with Crippen molar-refractivity contribution in [2.75, 3.05) is 18.8 Å². The van der Waals surface area contributed by atoms with Crippen LogP contribution in [0, 0.1) is 13.8 Å². The number of sulfonamides is 1. The first-order valence-electron chi connectivity index (χ1n) is 9.65. The molecule has 29 heavy (non-hydrogen) atoms. The van der Waals surface area contributed by atoms with E-state index in [1.54, 1.807) is 28.6 Å². The van der Waals surface area contributed by atoms with Crippen LogP contribution in [0.2, 0.25) is 0 Å². The summed E-state index contributed by atoms with van der Waals surface area (Å²) < 4.78 is 26.9. The molecule has 7 nitrogen and oxygen atoms in total. The standard InChI is InChI=1S/C20H26N4O3S2/c1-15-12-16(2)23-20(22-15)28-14-19(25)21-13-17-6-8-18(9-7-17)29(26,27)24-10-4-3-5-11-24/h6-9,12H,3-5,10-11,13-14H2,1-2H3,(H,21,25). The molecule has 1 aromatic carbocycles. The van der Waals surface area contributed by atoms with Crippen LogP contribution in [-0.4, -0.2) is 47.4 Å². The van der Waals surface area contributed by atoms with Gasteiger partial charge in [-0.15, -0.1) is 0 Å². The fourth-order valence-electron chi connectivity index (χ4n) is 3.17. The number of aryl methyl sites for hydroxylation is 2. The normalized spacial score (nSPS) is 15.2. The van der Waals surface area contributed by atoms with Gasteiger partial charge in [-0.3, -0.25) is 4.79 Å². The third-order valence-corrected chi connectivity index (χ3v) is 7.42. The van der Waals surface area contributed by atoms with E-state index in [2.05, 4.69) is 15.3 Å². The number of nitrogens with zero attached hydrogens (tertiary/aromatic N) is 3. The number of benzene rings is 1. The van der Waals surface area contributed by atoms with Crippen LogP contribution in [0.1, 0.15) is 36.2 Å². The third kappa shape index (κ3) is 6.01. The minimum Gasteiger partial charge on any atom is -0.351 e. The maximum Gasteiger partial charge on any atom is 0.243 e. The first kappa shape index (κ1) is 21.7. The summed E-state index contributed by atoms with van der Waals surface area (Å²) in [6, 6.07) is 8.61. The van der Waals surface area contributed by atoms with Crippen LogP contribution in [0.5, 0.6) is 0 Å². The fraction of sp³-hybridized carbons (Fsp3) is 0.450. The van der Waals surface area contributed by atoms with E-state index in [0.717, 1.165) is 36.2 Å². The highest BCUT2D eigenvalue weighted by molar-refractivity contribution is 7.99. The molecule has 1 N–H and O–H groups in total. The molecule has 1 saturated heterocycles. The molecule has 2 aromatic rings. The van der Waals surface area contributed by atoms with Crippen LogP contribution >= 0.6 is 11.8 Å². The van der Waals surface area contributed by atoms with E-state index in [4.69, 9.17) is 0 Å². The van der Waals surface area contributed by atoms with Gasteiger partial charge in [0.15, 0.2) is 5.16 Å². The quantitative estimate of drug-likeness (QED) is 0.532. The summed E-state index contributed by atoms with van der Waals surface area (Å²) in [5, 5.41) is 3.43. The summed E-state index contributed by atoms with van der Waals surface area (Å²) in [6.45, 7) is 5.31. The number of amides is 1. The van der Waals surface area contributed by atoms with Gasteiger partial charge in [0.1, 0.15) is 0 Å². The van der Waals surface area contributed by atoms with Gasteiger partial charge in [0, 0.05) is 31.0 Å². The SMILES string of the molecule is Cc1cc(C)nc(SCC(=O)NCc2ccc(S(=O)(=O)N3CCCCC3)cc2)n1. The molecule has 0 spiro atoms. The summed E-state index contributed by atoms with van der Waals surface area (Å²) in [5.41, 5.74) is 2.60. The van der Waals surface area contributed by atoms with Crippen LogP contribution in [0.3, 0.4) is 0 Å². The molecular weight excluding hydrogens is 408 g/mol. The van der Waals surface area contributed by atoms with Gasteiger partial charge in [-0.1, -0.05) is 30.3 Å². The maximum absolute atomic E-state index is 12.7. The van der Waals surface area contributed by atoms with Crippen molar-refractivity contribution in [3.05, 3.63) is 47.3 Å². The van der Waals surface area contributed by atoms with Gasteiger partial charge < -0.3 is 5.32 Å². The summed E-state index contributed by atoms with van der Waals surface area (Å²) in [6.07, 6.45) is 2.90. The van der Waals surface area contributed by atoms with Crippen LogP contribution in [0.25, 0.3) is 0 Å². The van der Waals surface area contributed by atoms with E-state index in [9.17, 15) is 13.2 Å². The number of carbonyl (C=O) groups excluding carboxylic acids is 1. The van der Waals surface area contributed by atoms with Crippen molar-refractivity contribution in [1.82, 2.24) is 19.6 Å². The molecule has 0 bridgehead atoms. The summed E-state index contributed by atoms with van der Waals surface area (Å²) in [4.78, 5) is 21.0. The van der Waals surface area contributed by atoms with Crippen molar-refractivity contribution in [3.63, 3.8) is 0 Å². The summed E-state index contributed by atoms with van der Waals surface area (Å²) in [7, 11) is -3.43. The first-order valence-corrected chi connectivity index (χ1v) is 12.1. The van der Waals surface area contributed by atoms with Gasteiger partial charge in [0.05, 0.1) is 10.6 Å². The molecule has 2 heterocycles. The molecule has 0 radical (unpaired) electrons. The lowest BCUT2D eigenvalue weighted by molar-refractivity contribution is -0.118. The molecule has 156 valence electrons. The van der Waals surface area contributed by atoms with E-state index in [1.165, 1.54) is 11.8 Å². The highest BCUT2D eigenvalue weighted by Gasteiger charge is 2.25. The van der Waals surface area contributed by atoms with Crippen molar-refractivity contribution in [2.24, 2.45) is 0 Å². The lowest BCUT2D eigenvalue weighted by Crippen LogP contribution is -2.35. The van der Waals surface area contributed by atoms with Gasteiger partial charge >= 0.3 is 0 Å². The average molecular weight is 435 g/mol. The highest BCUT2D eigenvalue weighted by Crippen LogP contribution is 2.21. The Morgan fingerprint density at radius 2 is 1.69 bits per heavy atom. The molecule has 1 aromatic heterocycles. The van der Waals surface area contributed by atoms with E-state index >= 15 is 0 Å². The van der Waals surface area contributed by atoms with Gasteiger partial charge in [0.2, 0.25) is 15.9 Å².